The van der Waals surface area contributed by atoms with Crippen LogP contribution in [0.5, 0.6) is 0 Å². The van der Waals surface area contributed by atoms with Gasteiger partial charge in [0.25, 0.3) is 0 Å². The lowest BCUT2D eigenvalue weighted by molar-refractivity contribution is 0.0199. The molecule has 1 aromatic carbocycles. The molecule has 2 unspecified atom stereocenters. The summed E-state index contributed by atoms with van der Waals surface area (Å²) >= 11 is 0. The fraction of sp³-hybridized carbons (Fsp3) is 0.625. The Labute approximate surface area is 116 Å². The van der Waals surface area contributed by atoms with Gasteiger partial charge in [0.1, 0.15) is 5.82 Å². The van der Waals surface area contributed by atoms with Crippen LogP contribution in [0.15, 0.2) is 24.3 Å². The minimum Gasteiger partial charge on any atom is -0.372 e. The van der Waals surface area contributed by atoms with Gasteiger partial charge in [-0.05, 0) is 36.0 Å². The Kier molecular flexibility index (Phi) is 5.95. The fourth-order valence-corrected chi connectivity index (χ4v) is 1.83. The van der Waals surface area contributed by atoms with E-state index in [9.17, 15) is 4.39 Å². The van der Waals surface area contributed by atoms with Gasteiger partial charge < -0.3 is 10.5 Å². The summed E-state index contributed by atoms with van der Waals surface area (Å²) in [6, 6.07) is 6.36. The number of nitrogens with two attached hydrogens (primary N) is 1. The summed E-state index contributed by atoms with van der Waals surface area (Å²) in [5.41, 5.74) is 7.31. The lowest BCUT2D eigenvalue weighted by atomic mass is 9.93. The van der Waals surface area contributed by atoms with Gasteiger partial charge >= 0.3 is 0 Å². The van der Waals surface area contributed by atoms with E-state index in [0.717, 1.165) is 18.4 Å². The number of rotatable bonds is 6. The van der Waals surface area contributed by atoms with Gasteiger partial charge in [-0.1, -0.05) is 39.8 Å². The second kappa shape index (κ2) is 7.01. The quantitative estimate of drug-likeness (QED) is 0.843. The molecular formula is C16H26FNO. The number of halogens is 1. The van der Waals surface area contributed by atoms with E-state index in [4.69, 9.17) is 10.5 Å². The van der Waals surface area contributed by atoms with Crippen LogP contribution in [-0.2, 0) is 4.74 Å². The second-order valence-electron chi connectivity index (χ2n) is 6.23. The topological polar surface area (TPSA) is 35.2 Å². The van der Waals surface area contributed by atoms with Crippen molar-refractivity contribution in [1.82, 2.24) is 0 Å². The Morgan fingerprint density at radius 3 is 2.26 bits per heavy atom. The molecule has 108 valence electrons. The SMILES string of the molecule is CCC(N)C(OCCC(C)(C)C)c1ccc(F)cc1. The summed E-state index contributed by atoms with van der Waals surface area (Å²) in [5.74, 6) is -0.234. The van der Waals surface area contributed by atoms with E-state index in [-0.39, 0.29) is 23.4 Å². The van der Waals surface area contributed by atoms with Crippen LogP contribution in [0.3, 0.4) is 0 Å². The largest absolute Gasteiger partial charge is 0.372 e. The van der Waals surface area contributed by atoms with E-state index in [0.29, 0.717) is 6.61 Å². The molecule has 0 bridgehead atoms. The summed E-state index contributed by atoms with van der Waals surface area (Å²) in [7, 11) is 0. The average molecular weight is 267 g/mol. The number of ether oxygens (including phenoxy) is 1. The van der Waals surface area contributed by atoms with Crippen molar-refractivity contribution in [3.05, 3.63) is 35.6 Å². The molecule has 0 aliphatic carbocycles. The molecule has 0 fully saturated rings. The molecule has 2 nitrogen and oxygen atoms in total. The molecule has 1 rings (SSSR count). The molecule has 0 aliphatic heterocycles. The molecule has 2 atom stereocenters. The van der Waals surface area contributed by atoms with Gasteiger partial charge in [0.2, 0.25) is 0 Å². The third kappa shape index (κ3) is 5.70. The zero-order valence-corrected chi connectivity index (χ0v) is 12.4. The van der Waals surface area contributed by atoms with Crippen LogP contribution in [0.2, 0.25) is 0 Å². The zero-order valence-electron chi connectivity index (χ0n) is 12.4. The standard InChI is InChI=1S/C16H26FNO/c1-5-14(18)15(19-11-10-16(2,3)4)12-6-8-13(17)9-7-12/h6-9,14-15H,5,10-11,18H2,1-4H3. The molecular weight excluding hydrogens is 241 g/mol. The number of hydrogen-bond acceptors (Lipinski definition) is 2. The van der Waals surface area contributed by atoms with Gasteiger partial charge in [-0.2, -0.15) is 0 Å². The minimum atomic E-state index is -0.234. The van der Waals surface area contributed by atoms with Gasteiger partial charge in [-0.3, -0.25) is 0 Å². The maximum atomic E-state index is 13.0. The number of benzene rings is 1. The number of hydrogen-bond donors (Lipinski definition) is 1. The van der Waals surface area contributed by atoms with Gasteiger partial charge in [0, 0.05) is 12.6 Å². The molecule has 3 heteroatoms. The van der Waals surface area contributed by atoms with E-state index < -0.39 is 0 Å². The Hall–Kier alpha value is -0.930. The summed E-state index contributed by atoms with van der Waals surface area (Å²) in [6.07, 6.45) is 1.64. The van der Waals surface area contributed by atoms with Gasteiger partial charge in [-0.25, -0.2) is 4.39 Å². The van der Waals surface area contributed by atoms with Crippen LogP contribution in [0, 0.1) is 11.2 Å². The highest BCUT2D eigenvalue weighted by Crippen LogP contribution is 2.25. The van der Waals surface area contributed by atoms with Crippen LogP contribution in [0.4, 0.5) is 4.39 Å². The van der Waals surface area contributed by atoms with Crippen molar-refractivity contribution in [2.24, 2.45) is 11.1 Å². The summed E-state index contributed by atoms with van der Waals surface area (Å²) in [5, 5.41) is 0. The predicted octanol–water partition coefficient (Wildman–Crippen LogP) is 4.06. The molecule has 0 aliphatic rings. The predicted molar refractivity (Wildman–Crippen MR) is 77.4 cm³/mol. The van der Waals surface area contributed by atoms with Crippen molar-refractivity contribution in [1.29, 1.82) is 0 Å². The lowest BCUT2D eigenvalue weighted by Gasteiger charge is -2.26. The van der Waals surface area contributed by atoms with E-state index in [1.165, 1.54) is 12.1 Å². The van der Waals surface area contributed by atoms with Crippen LogP contribution >= 0.6 is 0 Å². The zero-order chi connectivity index (χ0) is 14.5. The van der Waals surface area contributed by atoms with Crippen LogP contribution in [0.25, 0.3) is 0 Å². The Morgan fingerprint density at radius 1 is 1.21 bits per heavy atom. The highest BCUT2D eigenvalue weighted by Gasteiger charge is 2.20. The monoisotopic (exact) mass is 267 g/mol. The fourth-order valence-electron chi connectivity index (χ4n) is 1.83. The molecule has 19 heavy (non-hydrogen) atoms. The van der Waals surface area contributed by atoms with E-state index in [1.54, 1.807) is 12.1 Å². The molecule has 0 saturated heterocycles. The minimum absolute atomic E-state index is 0.0644. The first-order chi connectivity index (χ1) is 8.83. The van der Waals surface area contributed by atoms with E-state index in [2.05, 4.69) is 20.8 Å². The molecule has 0 saturated carbocycles. The first kappa shape index (κ1) is 16.1. The summed E-state index contributed by atoms with van der Waals surface area (Å²) in [4.78, 5) is 0. The molecule has 0 heterocycles. The van der Waals surface area contributed by atoms with Crippen molar-refractivity contribution in [2.45, 2.75) is 52.7 Å². The molecule has 0 spiro atoms. The summed E-state index contributed by atoms with van der Waals surface area (Å²) in [6.45, 7) is 9.25. The maximum absolute atomic E-state index is 13.0. The molecule has 0 amide bonds. The highest BCUT2D eigenvalue weighted by atomic mass is 19.1. The second-order valence-corrected chi connectivity index (χ2v) is 6.23. The third-order valence-corrected chi connectivity index (χ3v) is 3.21. The van der Waals surface area contributed by atoms with Crippen LogP contribution < -0.4 is 5.73 Å². The normalized spacial score (nSPS) is 15.3. The molecule has 0 radical (unpaired) electrons. The molecule has 2 N–H and O–H groups in total. The molecule has 1 aromatic rings. The smallest absolute Gasteiger partial charge is 0.123 e. The first-order valence-electron chi connectivity index (χ1n) is 6.96. The van der Waals surface area contributed by atoms with Gasteiger partial charge in [0.15, 0.2) is 0 Å². The van der Waals surface area contributed by atoms with Gasteiger partial charge in [0.05, 0.1) is 6.10 Å². The van der Waals surface area contributed by atoms with Crippen molar-refractivity contribution in [3.8, 4) is 0 Å². The Morgan fingerprint density at radius 2 is 1.79 bits per heavy atom. The lowest BCUT2D eigenvalue weighted by Crippen LogP contribution is -2.30. The summed E-state index contributed by atoms with van der Waals surface area (Å²) < 4.78 is 18.9. The van der Waals surface area contributed by atoms with E-state index >= 15 is 0 Å². The maximum Gasteiger partial charge on any atom is 0.123 e. The van der Waals surface area contributed by atoms with Crippen LogP contribution in [0.1, 0.15) is 52.2 Å². The van der Waals surface area contributed by atoms with Gasteiger partial charge in [-0.15, -0.1) is 0 Å². The average Bonchev–Trinajstić information content (AvgIpc) is 2.34. The van der Waals surface area contributed by atoms with E-state index in [1.807, 2.05) is 6.92 Å². The Balaban J connectivity index is 2.70. The van der Waals surface area contributed by atoms with Crippen molar-refractivity contribution in [2.75, 3.05) is 6.61 Å². The molecule has 0 aromatic heterocycles. The van der Waals surface area contributed by atoms with Crippen molar-refractivity contribution < 1.29 is 9.13 Å². The van der Waals surface area contributed by atoms with Crippen LogP contribution in [-0.4, -0.2) is 12.6 Å². The van der Waals surface area contributed by atoms with Crippen molar-refractivity contribution in [3.63, 3.8) is 0 Å². The Bertz CT molecular complexity index is 369. The van der Waals surface area contributed by atoms with Crippen molar-refractivity contribution >= 4 is 0 Å². The highest BCUT2D eigenvalue weighted by molar-refractivity contribution is 5.20. The first-order valence-corrected chi connectivity index (χ1v) is 6.96. The third-order valence-electron chi connectivity index (χ3n) is 3.21.